The second-order valence-electron chi connectivity index (χ2n) is 5.06. The first-order chi connectivity index (χ1) is 10.1. The minimum Gasteiger partial charge on any atom is -0.301 e. The van der Waals surface area contributed by atoms with Crippen LogP contribution in [0.5, 0.6) is 0 Å². The third kappa shape index (κ3) is 3.18. The van der Waals surface area contributed by atoms with Crippen molar-refractivity contribution in [3.05, 3.63) is 28.9 Å². The van der Waals surface area contributed by atoms with Crippen LogP contribution in [0.25, 0.3) is 6.08 Å². The van der Waals surface area contributed by atoms with E-state index in [1.807, 2.05) is 0 Å². The number of carbonyl (C=O) groups is 1. The Labute approximate surface area is 125 Å². The Bertz CT molecular complexity index is 603. The van der Waals surface area contributed by atoms with Crippen molar-refractivity contribution in [3.63, 3.8) is 0 Å². The zero-order chi connectivity index (χ0) is 14.8. The summed E-state index contributed by atoms with van der Waals surface area (Å²) in [5.41, 5.74) is 0.310. The number of carbonyl (C=O) groups excluding carboxylic acids is 1. The molecule has 1 saturated heterocycles. The van der Waals surface area contributed by atoms with E-state index in [-0.39, 0.29) is 11.9 Å². The lowest BCUT2D eigenvalue weighted by Gasteiger charge is -2.04. The number of amides is 1. The molecule has 1 saturated carbocycles. The molecule has 4 nitrogen and oxygen atoms in total. The molecule has 1 amide bonds. The number of alkyl halides is 2. The number of halogens is 2. The summed E-state index contributed by atoms with van der Waals surface area (Å²) in [5.74, 6) is -0.279. The summed E-state index contributed by atoms with van der Waals surface area (Å²) in [7, 11) is 0. The standard InChI is InChI=1S/C14H15F2N3OS/c15-13(16)19-7-3-6-10(19)8-11-12(20)18-14(21-11)17-9-4-1-2-5-9/h3,6-9,13H,1-2,4-5H2,(H,17,18,20). The van der Waals surface area contributed by atoms with E-state index < -0.39 is 6.55 Å². The number of hydrogen-bond acceptors (Lipinski definition) is 3. The van der Waals surface area contributed by atoms with Crippen molar-refractivity contribution in [2.75, 3.05) is 0 Å². The predicted octanol–water partition coefficient (Wildman–Crippen LogP) is 3.39. The molecule has 2 fully saturated rings. The Kier molecular flexibility index (Phi) is 4.10. The van der Waals surface area contributed by atoms with E-state index in [0.29, 0.717) is 15.8 Å². The SMILES string of the molecule is O=C1NC(=NC2CCCC2)SC1=Cc1cccn1C(F)F. The van der Waals surface area contributed by atoms with Crippen molar-refractivity contribution >= 4 is 28.9 Å². The molecule has 1 aliphatic carbocycles. The quantitative estimate of drug-likeness (QED) is 0.870. The first-order valence-electron chi connectivity index (χ1n) is 6.87. The van der Waals surface area contributed by atoms with Gasteiger partial charge in [0.05, 0.1) is 10.9 Å². The number of nitrogens with one attached hydrogen (secondary N) is 1. The molecule has 3 rings (SSSR count). The van der Waals surface area contributed by atoms with Crippen molar-refractivity contribution in [2.24, 2.45) is 4.99 Å². The van der Waals surface area contributed by atoms with Gasteiger partial charge in [-0.15, -0.1) is 0 Å². The summed E-state index contributed by atoms with van der Waals surface area (Å²) < 4.78 is 26.4. The van der Waals surface area contributed by atoms with Crippen LogP contribution in [0, 0.1) is 0 Å². The van der Waals surface area contributed by atoms with E-state index in [0.717, 1.165) is 17.4 Å². The predicted molar refractivity (Wildman–Crippen MR) is 79.1 cm³/mol. The molecular formula is C14H15F2N3OS. The number of thioether (sulfide) groups is 1. The van der Waals surface area contributed by atoms with Crippen molar-refractivity contribution in [2.45, 2.75) is 38.3 Å². The molecule has 1 aliphatic heterocycles. The van der Waals surface area contributed by atoms with Crippen LogP contribution in [0.3, 0.4) is 0 Å². The zero-order valence-electron chi connectivity index (χ0n) is 11.3. The molecule has 0 unspecified atom stereocenters. The van der Waals surface area contributed by atoms with Crippen LogP contribution < -0.4 is 5.32 Å². The maximum absolute atomic E-state index is 12.8. The van der Waals surface area contributed by atoms with Gasteiger partial charge in [-0.1, -0.05) is 12.8 Å². The first kappa shape index (κ1) is 14.3. The van der Waals surface area contributed by atoms with Crippen molar-refractivity contribution in [3.8, 4) is 0 Å². The summed E-state index contributed by atoms with van der Waals surface area (Å²) >= 11 is 1.22. The maximum Gasteiger partial charge on any atom is 0.318 e. The highest BCUT2D eigenvalue weighted by molar-refractivity contribution is 8.18. The molecule has 0 atom stereocenters. The average Bonchev–Trinajstić information content (AvgIpc) is 3.13. The fourth-order valence-electron chi connectivity index (χ4n) is 2.53. The highest BCUT2D eigenvalue weighted by Gasteiger charge is 2.26. The van der Waals surface area contributed by atoms with E-state index in [4.69, 9.17) is 0 Å². The Hall–Kier alpha value is -1.63. The van der Waals surface area contributed by atoms with Gasteiger partial charge in [0.1, 0.15) is 0 Å². The second-order valence-corrected chi connectivity index (χ2v) is 6.09. The Morgan fingerprint density at radius 2 is 2.19 bits per heavy atom. The van der Waals surface area contributed by atoms with E-state index in [2.05, 4.69) is 10.3 Å². The second kappa shape index (κ2) is 6.01. The van der Waals surface area contributed by atoms with Gasteiger partial charge in [-0.05, 0) is 42.8 Å². The van der Waals surface area contributed by atoms with E-state index in [1.54, 1.807) is 6.07 Å². The normalized spacial score (nSPS) is 23.7. The highest BCUT2D eigenvalue weighted by atomic mass is 32.2. The lowest BCUT2D eigenvalue weighted by atomic mass is 10.3. The topological polar surface area (TPSA) is 46.4 Å². The fraction of sp³-hybridized carbons (Fsp3) is 0.429. The van der Waals surface area contributed by atoms with Gasteiger partial charge < -0.3 is 5.32 Å². The van der Waals surface area contributed by atoms with Crippen LogP contribution in [0.15, 0.2) is 28.2 Å². The molecular weight excluding hydrogens is 296 g/mol. The zero-order valence-corrected chi connectivity index (χ0v) is 12.1. The van der Waals surface area contributed by atoms with E-state index in [9.17, 15) is 13.6 Å². The minimum atomic E-state index is -2.62. The molecule has 1 aromatic heterocycles. The Morgan fingerprint density at radius 3 is 2.90 bits per heavy atom. The number of aromatic nitrogens is 1. The molecule has 112 valence electrons. The summed E-state index contributed by atoms with van der Waals surface area (Å²) in [6, 6.07) is 3.36. The Balaban J connectivity index is 1.78. The van der Waals surface area contributed by atoms with Crippen molar-refractivity contribution in [1.82, 2.24) is 9.88 Å². The molecule has 7 heteroatoms. The third-order valence-electron chi connectivity index (χ3n) is 3.58. The number of amidine groups is 1. The molecule has 1 aromatic rings. The molecule has 0 spiro atoms. The van der Waals surface area contributed by atoms with Gasteiger partial charge in [-0.3, -0.25) is 14.4 Å². The largest absolute Gasteiger partial charge is 0.318 e. The number of rotatable bonds is 3. The van der Waals surface area contributed by atoms with Crippen molar-refractivity contribution in [1.29, 1.82) is 0 Å². The smallest absolute Gasteiger partial charge is 0.301 e. The molecule has 2 aliphatic rings. The molecule has 0 aromatic carbocycles. The first-order valence-corrected chi connectivity index (χ1v) is 7.69. The van der Waals surface area contributed by atoms with Gasteiger partial charge in [0.15, 0.2) is 5.17 Å². The van der Waals surface area contributed by atoms with Gasteiger partial charge in [0.25, 0.3) is 5.91 Å². The van der Waals surface area contributed by atoms with Crippen LogP contribution in [0.2, 0.25) is 0 Å². The summed E-state index contributed by atoms with van der Waals surface area (Å²) in [5, 5.41) is 3.28. The molecule has 0 bridgehead atoms. The van der Waals surface area contributed by atoms with Gasteiger partial charge in [0.2, 0.25) is 0 Å². The average molecular weight is 311 g/mol. The summed E-state index contributed by atoms with van der Waals surface area (Å²) in [4.78, 5) is 16.8. The number of aliphatic imine (C=N–C) groups is 1. The number of nitrogens with zero attached hydrogens (tertiary/aromatic N) is 2. The molecule has 2 heterocycles. The lowest BCUT2D eigenvalue weighted by molar-refractivity contribution is -0.115. The monoisotopic (exact) mass is 311 g/mol. The fourth-order valence-corrected chi connectivity index (χ4v) is 3.41. The minimum absolute atomic E-state index is 0.275. The Morgan fingerprint density at radius 1 is 1.43 bits per heavy atom. The van der Waals surface area contributed by atoms with Gasteiger partial charge in [-0.25, -0.2) is 0 Å². The van der Waals surface area contributed by atoms with Crippen LogP contribution in [0.1, 0.15) is 37.9 Å². The van der Waals surface area contributed by atoms with E-state index >= 15 is 0 Å². The highest BCUT2D eigenvalue weighted by Crippen LogP contribution is 2.29. The molecule has 21 heavy (non-hydrogen) atoms. The van der Waals surface area contributed by atoms with Gasteiger partial charge >= 0.3 is 6.55 Å². The van der Waals surface area contributed by atoms with Crippen LogP contribution >= 0.6 is 11.8 Å². The third-order valence-corrected chi connectivity index (χ3v) is 4.50. The van der Waals surface area contributed by atoms with Gasteiger partial charge in [-0.2, -0.15) is 8.78 Å². The van der Waals surface area contributed by atoms with Gasteiger partial charge in [0, 0.05) is 11.9 Å². The number of hydrogen-bond donors (Lipinski definition) is 1. The molecule has 0 radical (unpaired) electrons. The van der Waals surface area contributed by atoms with Crippen LogP contribution in [-0.4, -0.2) is 21.7 Å². The molecule has 1 N–H and O–H groups in total. The van der Waals surface area contributed by atoms with Crippen LogP contribution in [0.4, 0.5) is 8.78 Å². The van der Waals surface area contributed by atoms with Crippen LogP contribution in [-0.2, 0) is 4.79 Å². The maximum atomic E-state index is 12.8. The lowest BCUT2D eigenvalue weighted by Crippen LogP contribution is -2.21. The summed E-state index contributed by atoms with van der Waals surface area (Å²) in [6.07, 6.45) is 7.21. The van der Waals surface area contributed by atoms with Crippen molar-refractivity contribution < 1.29 is 13.6 Å². The summed E-state index contributed by atoms with van der Waals surface area (Å²) in [6.45, 7) is -2.62. The van der Waals surface area contributed by atoms with E-state index in [1.165, 1.54) is 42.9 Å².